The molecule has 1 N–H and O–H groups in total. The maximum atomic E-state index is 10.5. The first-order valence-corrected chi connectivity index (χ1v) is 5.83. The van der Waals surface area contributed by atoms with E-state index in [4.69, 9.17) is 33.6 Å². The molecule has 0 bridgehead atoms. The number of alkyl halides is 2. The Hall–Kier alpha value is -1.38. The van der Waals surface area contributed by atoms with E-state index < -0.39 is 5.78 Å². The van der Waals surface area contributed by atoms with Gasteiger partial charge in [-0.3, -0.25) is 14.4 Å². The molecule has 0 amide bonds. The van der Waals surface area contributed by atoms with Gasteiger partial charge in [-0.2, -0.15) is 5.26 Å². The predicted octanol–water partition coefficient (Wildman–Crippen LogP) is 1.92. The van der Waals surface area contributed by atoms with Gasteiger partial charge in [-0.15, -0.1) is 23.2 Å². The lowest BCUT2D eigenvalue weighted by Crippen LogP contribution is -2.04. The van der Waals surface area contributed by atoms with E-state index in [1.807, 2.05) is 0 Å². The summed E-state index contributed by atoms with van der Waals surface area (Å²) < 4.78 is 0. The van der Waals surface area contributed by atoms with Crippen LogP contribution < -0.4 is 0 Å². The number of aliphatic hydroxyl groups is 1. The van der Waals surface area contributed by atoms with Crippen LogP contribution in [0.1, 0.15) is 20.3 Å². The van der Waals surface area contributed by atoms with Gasteiger partial charge in [-0.05, 0) is 13.8 Å². The first kappa shape index (κ1) is 19.0. The van der Waals surface area contributed by atoms with Crippen LogP contribution >= 0.6 is 23.2 Å². The number of carbonyl (C=O) groups excluding carboxylic acids is 3. The fourth-order valence-corrected chi connectivity index (χ4v) is 0.966. The van der Waals surface area contributed by atoms with Gasteiger partial charge in [0.2, 0.25) is 0 Å². The molecule has 0 saturated heterocycles. The van der Waals surface area contributed by atoms with Crippen LogP contribution in [0.15, 0.2) is 11.3 Å². The third-order valence-corrected chi connectivity index (χ3v) is 2.03. The summed E-state index contributed by atoms with van der Waals surface area (Å²) >= 11 is 10.3. The predicted molar refractivity (Wildman–Crippen MR) is 67.7 cm³/mol. The number of Topliss-reactive ketones (excluding diaryl/α,β-unsaturated/α-hetero) is 3. The topological polar surface area (TPSA) is 95.2 Å². The van der Waals surface area contributed by atoms with Crippen LogP contribution in [0.3, 0.4) is 0 Å². The van der Waals surface area contributed by atoms with Crippen LogP contribution in [-0.4, -0.2) is 34.2 Å². The second-order valence-corrected chi connectivity index (χ2v) is 3.71. The van der Waals surface area contributed by atoms with Crippen LogP contribution in [0.25, 0.3) is 0 Å². The number of nitriles is 1. The molecule has 0 atom stereocenters. The number of ketones is 3. The number of carbonyl (C=O) groups is 3. The fourth-order valence-electron chi connectivity index (χ4n) is 0.738. The molecule has 0 aliphatic heterocycles. The van der Waals surface area contributed by atoms with Crippen LogP contribution in [-0.2, 0) is 14.4 Å². The number of rotatable bonds is 5. The van der Waals surface area contributed by atoms with Crippen molar-refractivity contribution < 1.29 is 19.5 Å². The Morgan fingerprint density at radius 3 is 1.78 bits per heavy atom. The number of hydrogen-bond donors (Lipinski definition) is 1. The summed E-state index contributed by atoms with van der Waals surface area (Å²) in [5, 5.41) is 17.0. The summed E-state index contributed by atoms with van der Waals surface area (Å²) in [5.74, 6) is -1.44. The van der Waals surface area contributed by atoms with E-state index in [0.29, 0.717) is 0 Å². The van der Waals surface area contributed by atoms with Gasteiger partial charge < -0.3 is 5.11 Å². The molecule has 7 heteroatoms. The molecule has 0 aliphatic carbocycles. The molecule has 0 heterocycles. The minimum absolute atomic E-state index is 0.0243. The maximum absolute atomic E-state index is 10.5. The molecule has 5 nitrogen and oxygen atoms in total. The Kier molecular flexibility index (Phi) is 11.3. The summed E-state index contributed by atoms with van der Waals surface area (Å²) in [6.45, 7) is 2.56. The number of allylic oxidation sites excluding steroid dienone is 2. The molecule has 0 aromatic rings. The van der Waals surface area contributed by atoms with Crippen LogP contribution in [0.5, 0.6) is 0 Å². The van der Waals surface area contributed by atoms with E-state index in [1.54, 1.807) is 6.07 Å². The van der Waals surface area contributed by atoms with E-state index in [-0.39, 0.29) is 41.1 Å². The Labute approximate surface area is 115 Å². The second-order valence-electron chi connectivity index (χ2n) is 3.17. The average Bonchev–Trinajstić information content (AvgIpc) is 2.29. The summed E-state index contributed by atoms with van der Waals surface area (Å²) in [7, 11) is 0. The molecule has 0 spiro atoms. The van der Waals surface area contributed by atoms with E-state index in [1.165, 1.54) is 13.8 Å². The van der Waals surface area contributed by atoms with Crippen molar-refractivity contribution in [1.29, 1.82) is 5.26 Å². The van der Waals surface area contributed by atoms with Crippen molar-refractivity contribution >= 4 is 40.6 Å². The van der Waals surface area contributed by atoms with Gasteiger partial charge in [0.05, 0.1) is 18.2 Å². The van der Waals surface area contributed by atoms with Gasteiger partial charge in [0.25, 0.3) is 0 Å². The molecular formula is C11H13Cl2NO4. The smallest absolute Gasteiger partial charge is 0.173 e. The zero-order valence-corrected chi connectivity index (χ0v) is 11.5. The monoisotopic (exact) mass is 293 g/mol. The molecule has 0 aromatic carbocycles. The van der Waals surface area contributed by atoms with Gasteiger partial charge in [0.1, 0.15) is 23.2 Å². The molecule has 0 aliphatic rings. The Balaban J connectivity index is 0. The van der Waals surface area contributed by atoms with Crippen molar-refractivity contribution in [3.63, 3.8) is 0 Å². The fraction of sp³-hybridized carbons (Fsp3) is 0.455. The number of aliphatic hydroxyl groups excluding tert-OH is 1. The molecule has 0 unspecified atom stereocenters. The molecular weight excluding hydrogens is 281 g/mol. The minimum atomic E-state index is -0.472. The van der Waals surface area contributed by atoms with E-state index in [9.17, 15) is 14.4 Å². The average molecular weight is 294 g/mol. The van der Waals surface area contributed by atoms with Crippen molar-refractivity contribution in [3.05, 3.63) is 11.3 Å². The van der Waals surface area contributed by atoms with Crippen molar-refractivity contribution in [2.24, 2.45) is 0 Å². The van der Waals surface area contributed by atoms with Crippen molar-refractivity contribution in [1.82, 2.24) is 0 Å². The Morgan fingerprint density at radius 2 is 1.67 bits per heavy atom. The third-order valence-electron chi connectivity index (χ3n) is 1.47. The van der Waals surface area contributed by atoms with E-state index >= 15 is 0 Å². The van der Waals surface area contributed by atoms with Gasteiger partial charge >= 0.3 is 0 Å². The number of halogens is 2. The van der Waals surface area contributed by atoms with Crippen LogP contribution in [0.4, 0.5) is 0 Å². The molecule has 0 radical (unpaired) electrons. The lowest BCUT2D eigenvalue weighted by Gasteiger charge is -1.93. The maximum Gasteiger partial charge on any atom is 0.173 e. The molecule has 18 heavy (non-hydrogen) atoms. The van der Waals surface area contributed by atoms with Gasteiger partial charge in [0, 0.05) is 0 Å². The zero-order valence-electron chi connectivity index (χ0n) is 10.00. The standard InChI is InChI=1S/C6H6ClNO2.C5H7ClO2/c1-4(9)5(3-8)6(10)2-7;1-4(7)2-5(8)3-6/h10H,2H2,1H3;2-3H2,1H3/b6-5-;. The quantitative estimate of drug-likeness (QED) is 0.275. The van der Waals surface area contributed by atoms with E-state index in [2.05, 4.69) is 0 Å². The van der Waals surface area contributed by atoms with E-state index in [0.717, 1.165) is 0 Å². The molecule has 0 saturated carbocycles. The first-order valence-electron chi connectivity index (χ1n) is 4.76. The number of hydrogen-bond acceptors (Lipinski definition) is 5. The van der Waals surface area contributed by atoms with Gasteiger partial charge in [0.15, 0.2) is 11.6 Å². The molecule has 0 aromatic heterocycles. The number of nitrogens with zero attached hydrogens (tertiary/aromatic N) is 1. The third kappa shape index (κ3) is 9.82. The van der Waals surface area contributed by atoms with Crippen LogP contribution in [0, 0.1) is 11.3 Å². The first-order chi connectivity index (χ1) is 8.29. The minimum Gasteiger partial charge on any atom is -0.510 e. The second kappa shape index (κ2) is 10.8. The molecule has 100 valence electrons. The molecule has 0 fully saturated rings. The normalized spacial score (nSPS) is 10.4. The van der Waals surface area contributed by atoms with Crippen molar-refractivity contribution in [2.45, 2.75) is 20.3 Å². The lowest BCUT2D eigenvalue weighted by molar-refractivity contribution is -0.124. The summed E-state index contributed by atoms with van der Waals surface area (Å²) in [6, 6.07) is 1.55. The van der Waals surface area contributed by atoms with Crippen molar-refractivity contribution in [2.75, 3.05) is 11.8 Å². The summed E-state index contributed by atoms with van der Waals surface area (Å²) in [5.41, 5.74) is -0.269. The summed E-state index contributed by atoms with van der Waals surface area (Å²) in [4.78, 5) is 30.9. The van der Waals surface area contributed by atoms with Gasteiger partial charge in [-0.1, -0.05) is 0 Å². The SMILES string of the molecule is CC(=O)/C(C#N)=C(\O)CCl.CC(=O)CC(=O)CCl. The van der Waals surface area contributed by atoms with Gasteiger partial charge in [-0.25, -0.2) is 0 Å². The van der Waals surface area contributed by atoms with Crippen LogP contribution in [0.2, 0.25) is 0 Å². The largest absolute Gasteiger partial charge is 0.510 e. The highest BCUT2D eigenvalue weighted by Crippen LogP contribution is 2.02. The molecule has 0 rings (SSSR count). The highest BCUT2D eigenvalue weighted by molar-refractivity contribution is 6.29. The summed E-state index contributed by atoms with van der Waals surface area (Å²) in [6.07, 6.45) is -0.0243. The Morgan fingerprint density at radius 1 is 1.17 bits per heavy atom. The zero-order chi connectivity index (χ0) is 14.7. The lowest BCUT2D eigenvalue weighted by atomic mass is 10.2. The highest BCUT2D eigenvalue weighted by atomic mass is 35.5. The highest BCUT2D eigenvalue weighted by Gasteiger charge is 2.08. The Bertz CT molecular complexity index is 396. The van der Waals surface area contributed by atoms with Crippen molar-refractivity contribution in [3.8, 4) is 6.07 Å².